The largest absolute Gasteiger partial charge is 0.465 e. The minimum atomic E-state index is -0.991. The third-order valence-electron chi connectivity index (χ3n) is 6.71. The number of anilines is 1. The normalized spacial score (nSPS) is 15.3. The number of pyridine rings is 1. The lowest BCUT2D eigenvalue weighted by molar-refractivity contribution is 0.0879. The van der Waals surface area contributed by atoms with Gasteiger partial charge in [-0.05, 0) is 53.8 Å². The summed E-state index contributed by atoms with van der Waals surface area (Å²) in [5.74, 6) is -0.857. The maximum absolute atomic E-state index is 13.4. The summed E-state index contributed by atoms with van der Waals surface area (Å²) in [6.45, 7) is 1.13. The molecule has 1 aliphatic rings. The van der Waals surface area contributed by atoms with Crippen molar-refractivity contribution in [3.05, 3.63) is 83.9 Å². The lowest BCUT2D eigenvalue weighted by atomic mass is 9.99. The van der Waals surface area contributed by atoms with Gasteiger partial charge in [-0.2, -0.15) is 0 Å². The fourth-order valence-electron chi connectivity index (χ4n) is 4.82. The van der Waals surface area contributed by atoms with Crippen LogP contribution in [0.5, 0.6) is 0 Å². The second-order valence-corrected chi connectivity index (χ2v) is 9.11. The van der Waals surface area contributed by atoms with E-state index in [1.54, 1.807) is 35.3 Å². The van der Waals surface area contributed by atoms with Crippen LogP contribution in [-0.2, 0) is 6.54 Å². The van der Waals surface area contributed by atoms with E-state index in [0.29, 0.717) is 25.1 Å². The van der Waals surface area contributed by atoms with E-state index in [4.69, 9.17) is 0 Å². The molecule has 5 rings (SSSR count). The van der Waals surface area contributed by atoms with Crippen molar-refractivity contribution >= 4 is 34.4 Å². The third-order valence-corrected chi connectivity index (χ3v) is 6.71. The first-order valence-corrected chi connectivity index (χ1v) is 12.4. The lowest BCUT2D eigenvalue weighted by Gasteiger charge is -2.33. The summed E-state index contributed by atoms with van der Waals surface area (Å²) in [6, 6.07) is 14.2. The number of nitrogens with zero attached hydrogens (tertiary/aromatic N) is 5. The number of aromatic nitrogens is 4. The first-order chi connectivity index (χ1) is 18.5. The maximum atomic E-state index is 13.4. The molecule has 38 heavy (non-hydrogen) atoms. The van der Waals surface area contributed by atoms with Gasteiger partial charge in [-0.1, -0.05) is 35.5 Å². The summed E-state index contributed by atoms with van der Waals surface area (Å²) in [5.41, 5.74) is 1.77. The predicted molar refractivity (Wildman–Crippen MR) is 140 cm³/mol. The number of carbonyl (C=O) groups is 3. The molecule has 2 aromatic heterocycles. The fraction of sp³-hybridized carbons (Fsp3) is 0.259. The predicted octanol–water partition coefficient (Wildman–Crippen LogP) is 3.39. The highest BCUT2D eigenvalue weighted by atomic mass is 16.4. The zero-order valence-electron chi connectivity index (χ0n) is 20.6. The number of hydrogen-bond donors (Lipinski definition) is 3. The number of likely N-dealkylation sites (tertiary alicyclic amines) is 1. The summed E-state index contributed by atoms with van der Waals surface area (Å²) >= 11 is 0. The molecule has 4 aromatic rings. The molecule has 0 spiro atoms. The highest BCUT2D eigenvalue weighted by molar-refractivity contribution is 6.15. The molecule has 0 bridgehead atoms. The monoisotopic (exact) mass is 513 g/mol. The molecule has 11 heteroatoms. The van der Waals surface area contributed by atoms with Gasteiger partial charge in [0.15, 0.2) is 5.69 Å². The van der Waals surface area contributed by atoms with E-state index in [1.807, 2.05) is 30.3 Å². The number of hydrogen-bond acceptors (Lipinski definition) is 6. The van der Waals surface area contributed by atoms with Crippen LogP contribution in [0.4, 0.5) is 10.5 Å². The Balaban J connectivity index is 1.34. The second-order valence-electron chi connectivity index (χ2n) is 9.11. The minimum Gasteiger partial charge on any atom is -0.465 e. The zero-order chi connectivity index (χ0) is 26.5. The van der Waals surface area contributed by atoms with Gasteiger partial charge in [-0.15, -0.1) is 5.10 Å². The van der Waals surface area contributed by atoms with Gasteiger partial charge >= 0.3 is 6.09 Å². The van der Waals surface area contributed by atoms with Gasteiger partial charge in [0, 0.05) is 31.0 Å². The molecule has 3 heterocycles. The molecule has 3 amide bonds. The van der Waals surface area contributed by atoms with Crippen LogP contribution >= 0.6 is 0 Å². The molecular formula is C27H27N7O4. The molecule has 1 saturated heterocycles. The van der Waals surface area contributed by atoms with Crippen molar-refractivity contribution in [3.8, 4) is 0 Å². The molecule has 194 valence electrons. The summed E-state index contributed by atoms with van der Waals surface area (Å²) in [5, 5.41) is 24.6. The Morgan fingerprint density at radius 1 is 0.974 bits per heavy atom. The molecule has 1 unspecified atom stereocenters. The molecule has 2 aromatic carbocycles. The molecule has 1 atom stereocenters. The Kier molecular flexibility index (Phi) is 7.25. The van der Waals surface area contributed by atoms with Crippen molar-refractivity contribution in [1.29, 1.82) is 0 Å². The lowest BCUT2D eigenvalue weighted by Crippen LogP contribution is -2.49. The van der Waals surface area contributed by atoms with Crippen molar-refractivity contribution in [2.45, 2.75) is 31.8 Å². The number of nitrogens with one attached hydrogen (secondary N) is 2. The second kappa shape index (κ2) is 11.1. The number of rotatable bonds is 7. The van der Waals surface area contributed by atoms with E-state index in [-0.39, 0.29) is 29.9 Å². The highest BCUT2D eigenvalue weighted by Crippen LogP contribution is 2.25. The summed E-state index contributed by atoms with van der Waals surface area (Å²) in [7, 11) is 0. The summed E-state index contributed by atoms with van der Waals surface area (Å²) < 4.78 is 1.71. The SMILES string of the molecule is O=C(NCC1CCCCN1C(=O)O)c1ncccc1NC(=O)c1ccc(Cn2ccnn2)c2ccccc12. The number of amides is 3. The Bertz CT molecular complexity index is 1470. The van der Waals surface area contributed by atoms with E-state index in [2.05, 4.69) is 25.9 Å². The van der Waals surface area contributed by atoms with Crippen LogP contribution in [0.3, 0.4) is 0 Å². The van der Waals surface area contributed by atoms with Crippen LogP contribution < -0.4 is 10.6 Å². The molecule has 0 saturated carbocycles. The van der Waals surface area contributed by atoms with Gasteiger partial charge in [-0.3, -0.25) is 9.59 Å². The molecule has 0 radical (unpaired) electrons. The molecule has 1 fully saturated rings. The topological polar surface area (TPSA) is 142 Å². The van der Waals surface area contributed by atoms with Crippen molar-refractivity contribution in [2.75, 3.05) is 18.4 Å². The summed E-state index contributed by atoms with van der Waals surface area (Å²) in [6.07, 6.45) is 6.26. The number of fused-ring (bicyclic) bond motifs is 1. The highest BCUT2D eigenvalue weighted by Gasteiger charge is 2.27. The van der Waals surface area contributed by atoms with E-state index in [9.17, 15) is 19.5 Å². The van der Waals surface area contributed by atoms with Gasteiger partial charge < -0.3 is 20.6 Å². The Morgan fingerprint density at radius 2 is 1.82 bits per heavy atom. The molecular weight excluding hydrogens is 486 g/mol. The van der Waals surface area contributed by atoms with Gasteiger partial charge in [0.25, 0.3) is 11.8 Å². The van der Waals surface area contributed by atoms with E-state index < -0.39 is 12.0 Å². The molecule has 3 N–H and O–H groups in total. The maximum Gasteiger partial charge on any atom is 0.407 e. The number of benzene rings is 2. The van der Waals surface area contributed by atoms with Crippen LogP contribution in [0.1, 0.15) is 45.7 Å². The number of carboxylic acid groups (broad SMARTS) is 1. The van der Waals surface area contributed by atoms with Crippen molar-refractivity contribution in [3.63, 3.8) is 0 Å². The van der Waals surface area contributed by atoms with Crippen LogP contribution in [0, 0.1) is 0 Å². The molecule has 11 nitrogen and oxygen atoms in total. The first-order valence-electron chi connectivity index (χ1n) is 12.4. The van der Waals surface area contributed by atoms with Gasteiger partial charge in [-0.25, -0.2) is 14.5 Å². The number of carbonyl (C=O) groups excluding carboxylic acids is 2. The number of piperidine rings is 1. The van der Waals surface area contributed by atoms with Crippen LogP contribution in [0.2, 0.25) is 0 Å². The van der Waals surface area contributed by atoms with E-state index in [1.165, 1.54) is 11.1 Å². The van der Waals surface area contributed by atoms with Crippen LogP contribution in [-0.4, -0.2) is 67.0 Å². The fourth-order valence-corrected chi connectivity index (χ4v) is 4.82. The smallest absolute Gasteiger partial charge is 0.407 e. The molecule has 0 aliphatic carbocycles. The van der Waals surface area contributed by atoms with Gasteiger partial charge in [0.2, 0.25) is 0 Å². The van der Waals surface area contributed by atoms with Gasteiger partial charge in [0.1, 0.15) is 0 Å². The van der Waals surface area contributed by atoms with Gasteiger partial charge in [0.05, 0.1) is 24.5 Å². The van der Waals surface area contributed by atoms with E-state index >= 15 is 0 Å². The quantitative estimate of drug-likeness (QED) is 0.344. The molecule has 1 aliphatic heterocycles. The van der Waals surface area contributed by atoms with E-state index in [0.717, 1.165) is 29.2 Å². The van der Waals surface area contributed by atoms with Crippen LogP contribution in [0.15, 0.2) is 67.1 Å². The van der Waals surface area contributed by atoms with Crippen molar-refractivity contribution < 1.29 is 19.5 Å². The van der Waals surface area contributed by atoms with Crippen molar-refractivity contribution in [2.24, 2.45) is 0 Å². The van der Waals surface area contributed by atoms with Crippen LogP contribution in [0.25, 0.3) is 10.8 Å². The summed E-state index contributed by atoms with van der Waals surface area (Å²) in [4.78, 5) is 43.5. The Hall–Kier alpha value is -4.80. The average Bonchev–Trinajstić information content (AvgIpc) is 3.45. The third kappa shape index (κ3) is 5.31. The first kappa shape index (κ1) is 24.9. The minimum absolute atomic E-state index is 0.0608. The standard InChI is InChI=1S/C27H27N7O4/c35-25(22-11-10-18(17-33-15-13-30-32-33)20-7-1-2-8-21(20)22)31-23-9-5-12-28-24(23)26(36)29-16-19-6-3-4-14-34(19)27(37)38/h1-2,5,7-13,15,19H,3-4,6,14,16-17H2,(H,29,36)(H,31,35)(H,37,38). The average molecular weight is 514 g/mol. The Labute approximate surface area is 218 Å². The Morgan fingerprint density at radius 3 is 2.61 bits per heavy atom. The van der Waals surface area contributed by atoms with Crippen molar-refractivity contribution in [1.82, 2.24) is 30.2 Å². The zero-order valence-corrected chi connectivity index (χ0v) is 20.6.